The summed E-state index contributed by atoms with van der Waals surface area (Å²) in [5, 5.41) is 21.1. The molecule has 180 valence electrons. The van der Waals surface area contributed by atoms with E-state index in [1.807, 2.05) is 6.07 Å². The Balaban J connectivity index is 1.37. The van der Waals surface area contributed by atoms with Gasteiger partial charge in [-0.2, -0.15) is 5.26 Å². The number of hydrogen-bond donors (Lipinski definition) is 2. The molecule has 1 fully saturated rings. The molecule has 7 nitrogen and oxygen atoms in total. The summed E-state index contributed by atoms with van der Waals surface area (Å²) in [4.78, 5) is 23.1. The number of ether oxygens (including phenoxy) is 2. The van der Waals surface area contributed by atoms with Crippen LogP contribution in [0.5, 0.6) is 11.5 Å². The minimum atomic E-state index is -0.773. The smallest absolute Gasteiger partial charge is 0.303 e. The SMILES string of the molecule is N#Cc1ccc(OC2CCC(NC(=O)c3ccc(OCCCCCC(=O)O)cc3)CC2)cc1Cl. The number of amides is 1. The Hall–Kier alpha value is -3.24. The van der Waals surface area contributed by atoms with Crippen LogP contribution in [0.15, 0.2) is 42.5 Å². The van der Waals surface area contributed by atoms with Crippen molar-refractivity contribution in [2.45, 2.75) is 63.5 Å². The third-order valence-corrected chi connectivity index (χ3v) is 6.11. The van der Waals surface area contributed by atoms with Gasteiger partial charge in [0, 0.05) is 24.1 Å². The topological polar surface area (TPSA) is 109 Å². The Morgan fingerprint density at radius 1 is 1.03 bits per heavy atom. The van der Waals surface area contributed by atoms with E-state index in [2.05, 4.69) is 5.32 Å². The zero-order chi connectivity index (χ0) is 24.3. The number of hydrogen-bond acceptors (Lipinski definition) is 5. The third kappa shape index (κ3) is 7.96. The molecule has 0 radical (unpaired) electrons. The molecule has 1 aliphatic rings. The van der Waals surface area contributed by atoms with Crippen molar-refractivity contribution in [1.82, 2.24) is 5.32 Å². The fourth-order valence-corrected chi connectivity index (χ4v) is 4.11. The molecule has 0 aliphatic heterocycles. The molecule has 0 bridgehead atoms. The monoisotopic (exact) mass is 484 g/mol. The number of rotatable bonds is 11. The summed E-state index contributed by atoms with van der Waals surface area (Å²) < 4.78 is 11.7. The summed E-state index contributed by atoms with van der Waals surface area (Å²) in [7, 11) is 0. The van der Waals surface area contributed by atoms with Gasteiger partial charge >= 0.3 is 5.97 Å². The van der Waals surface area contributed by atoms with Gasteiger partial charge in [0.1, 0.15) is 17.6 Å². The Labute approximate surface area is 204 Å². The summed E-state index contributed by atoms with van der Waals surface area (Å²) in [6.07, 6.45) is 5.77. The van der Waals surface area contributed by atoms with E-state index < -0.39 is 5.97 Å². The van der Waals surface area contributed by atoms with Crippen molar-refractivity contribution in [3.05, 3.63) is 58.6 Å². The fourth-order valence-electron chi connectivity index (χ4n) is 3.89. The van der Waals surface area contributed by atoms with Gasteiger partial charge in [-0.05, 0) is 81.3 Å². The predicted molar refractivity (Wildman–Crippen MR) is 128 cm³/mol. The van der Waals surface area contributed by atoms with Crippen LogP contribution in [0.4, 0.5) is 0 Å². The maximum atomic E-state index is 12.6. The molecule has 0 spiro atoms. The highest BCUT2D eigenvalue weighted by Gasteiger charge is 2.24. The summed E-state index contributed by atoms with van der Waals surface area (Å²) >= 11 is 6.07. The molecule has 0 saturated heterocycles. The molecule has 3 rings (SSSR count). The van der Waals surface area contributed by atoms with Crippen molar-refractivity contribution in [2.24, 2.45) is 0 Å². The number of aliphatic carboxylic acids is 1. The highest BCUT2D eigenvalue weighted by molar-refractivity contribution is 6.31. The molecular formula is C26H29ClN2O5. The largest absolute Gasteiger partial charge is 0.494 e. The predicted octanol–water partition coefficient (Wildman–Crippen LogP) is 5.36. The second kappa shape index (κ2) is 12.9. The van der Waals surface area contributed by atoms with Crippen molar-refractivity contribution < 1.29 is 24.2 Å². The van der Waals surface area contributed by atoms with Gasteiger partial charge in [0.15, 0.2) is 0 Å². The number of nitrogens with one attached hydrogen (secondary N) is 1. The van der Waals surface area contributed by atoms with Gasteiger partial charge in [0.25, 0.3) is 5.91 Å². The van der Waals surface area contributed by atoms with Crippen LogP contribution < -0.4 is 14.8 Å². The van der Waals surface area contributed by atoms with Crippen molar-refractivity contribution >= 4 is 23.5 Å². The summed E-state index contributed by atoms with van der Waals surface area (Å²) in [6.45, 7) is 0.519. The van der Waals surface area contributed by atoms with Gasteiger partial charge in [-0.3, -0.25) is 9.59 Å². The van der Waals surface area contributed by atoms with E-state index in [-0.39, 0.29) is 24.5 Å². The van der Waals surface area contributed by atoms with E-state index in [0.717, 1.165) is 38.5 Å². The van der Waals surface area contributed by atoms with Gasteiger partial charge in [0.2, 0.25) is 0 Å². The van der Waals surface area contributed by atoms with Gasteiger partial charge in [-0.1, -0.05) is 11.6 Å². The van der Waals surface area contributed by atoms with E-state index in [4.69, 9.17) is 31.4 Å². The normalized spacial score (nSPS) is 17.4. The number of carboxylic acid groups (broad SMARTS) is 1. The minimum absolute atomic E-state index is 0.0534. The highest BCUT2D eigenvalue weighted by Crippen LogP contribution is 2.27. The number of halogens is 1. The number of benzene rings is 2. The van der Waals surface area contributed by atoms with Crippen LogP contribution in [-0.2, 0) is 4.79 Å². The lowest BCUT2D eigenvalue weighted by atomic mass is 9.92. The molecule has 34 heavy (non-hydrogen) atoms. The maximum Gasteiger partial charge on any atom is 0.303 e. The molecule has 1 aliphatic carbocycles. The molecule has 0 unspecified atom stereocenters. The number of unbranched alkanes of at least 4 members (excludes halogenated alkanes) is 2. The van der Waals surface area contributed by atoms with E-state index >= 15 is 0 Å². The van der Waals surface area contributed by atoms with Crippen LogP contribution in [0.2, 0.25) is 5.02 Å². The van der Waals surface area contributed by atoms with E-state index in [0.29, 0.717) is 40.7 Å². The number of carbonyl (C=O) groups is 2. The van der Waals surface area contributed by atoms with Gasteiger partial charge in [-0.25, -0.2) is 0 Å². The zero-order valence-corrected chi connectivity index (χ0v) is 19.7. The van der Waals surface area contributed by atoms with Crippen LogP contribution in [0, 0.1) is 11.3 Å². The number of nitriles is 1. The van der Waals surface area contributed by atoms with Crippen molar-refractivity contribution in [3.8, 4) is 17.6 Å². The molecule has 8 heteroatoms. The standard InChI is InChI=1S/C26H29ClN2O5/c27-24-16-23(12-7-19(24)17-28)34-22-13-8-20(9-14-22)29-26(32)18-5-10-21(11-6-18)33-15-3-1-2-4-25(30)31/h5-7,10-12,16,20,22H,1-4,8-9,13-15H2,(H,29,32)(H,30,31). The Morgan fingerprint density at radius 2 is 1.74 bits per heavy atom. The molecular weight excluding hydrogens is 456 g/mol. The fraction of sp³-hybridized carbons (Fsp3) is 0.423. The molecule has 1 saturated carbocycles. The lowest BCUT2D eigenvalue weighted by Crippen LogP contribution is -2.39. The number of carboxylic acids is 1. The first-order chi connectivity index (χ1) is 16.4. The maximum absolute atomic E-state index is 12.6. The van der Waals surface area contributed by atoms with Crippen molar-refractivity contribution in [3.63, 3.8) is 0 Å². The molecule has 2 N–H and O–H groups in total. The van der Waals surface area contributed by atoms with E-state index in [1.165, 1.54) is 0 Å². The summed E-state index contributed by atoms with van der Waals surface area (Å²) in [6, 6.07) is 14.3. The first-order valence-corrected chi connectivity index (χ1v) is 11.9. The first kappa shape index (κ1) is 25.4. The average molecular weight is 485 g/mol. The molecule has 2 aromatic rings. The minimum Gasteiger partial charge on any atom is -0.494 e. The Bertz CT molecular complexity index is 1010. The third-order valence-electron chi connectivity index (χ3n) is 5.79. The van der Waals surface area contributed by atoms with Crippen LogP contribution >= 0.6 is 11.6 Å². The average Bonchev–Trinajstić information content (AvgIpc) is 2.83. The second-order valence-corrected chi connectivity index (χ2v) is 8.80. The van der Waals surface area contributed by atoms with Crippen LogP contribution in [0.25, 0.3) is 0 Å². The quantitative estimate of drug-likeness (QED) is 0.416. The van der Waals surface area contributed by atoms with Crippen molar-refractivity contribution in [2.75, 3.05) is 6.61 Å². The molecule has 1 amide bonds. The second-order valence-electron chi connectivity index (χ2n) is 8.40. The Kier molecular flexibility index (Phi) is 9.60. The lowest BCUT2D eigenvalue weighted by Gasteiger charge is -2.29. The summed E-state index contributed by atoms with van der Waals surface area (Å²) in [5.41, 5.74) is 1.01. The van der Waals surface area contributed by atoms with Gasteiger partial charge < -0.3 is 19.9 Å². The zero-order valence-electron chi connectivity index (χ0n) is 19.0. The first-order valence-electron chi connectivity index (χ1n) is 11.6. The van der Waals surface area contributed by atoms with Crippen LogP contribution in [0.3, 0.4) is 0 Å². The molecule has 0 atom stereocenters. The number of nitrogens with zero attached hydrogens (tertiary/aromatic N) is 1. The van der Waals surface area contributed by atoms with Crippen molar-refractivity contribution in [1.29, 1.82) is 5.26 Å². The van der Waals surface area contributed by atoms with E-state index in [9.17, 15) is 9.59 Å². The molecule has 0 heterocycles. The van der Waals surface area contributed by atoms with Crippen LogP contribution in [-0.4, -0.2) is 35.7 Å². The molecule has 0 aromatic heterocycles. The Morgan fingerprint density at radius 3 is 2.38 bits per heavy atom. The van der Waals surface area contributed by atoms with Gasteiger partial charge in [-0.15, -0.1) is 0 Å². The number of carbonyl (C=O) groups excluding carboxylic acids is 1. The van der Waals surface area contributed by atoms with E-state index in [1.54, 1.807) is 42.5 Å². The summed E-state index contributed by atoms with van der Waals surface area (Å²) in [5.74, 6) is 0.461. The lowest BCUT2D eigenvalue weighted by molar-refractivity contribution is -0.137. The van der Waals surface area contributed by atoms with Gasteiger partial charge in [0.05, 0.1) is 23.3 Å². The molecule has 2 aromatic carbocycles. The highest BCUT2D eigenvalue weighted by atomic mass is 35.5. The van der Waals surface area contributed by atoms with Crippen LogP contribution in [0.1, 0.15) is 67.3 Å².